The van der Waals surface area contributed by atoms with Crippen LogP contribution >= 0.6 is 11.6 Å². The number of sulfone groups is 1. The van der Waals surface area contributed by atoms with E-state index in [1.165, 1.54) is 6.33 Å². The van der Waals surface area contributed by atoms with Gasteiger partial charge in [-0.1, -0.05) is 18.5 Å². The van der Waals surface area contributed by atoms with E-state index in [1.807, 2.05) is 31.1 Å². The summed E-state index contributed by atoms with van der Waals surface area (Å²) in [5, 5.41) is 7.04. The topological polar surface area (TPSA) is 87.2 Å². The highest BCUT2D eigenvalue weighted by atomic mass is 35.5. The van der Waals surface area contributed by atoms with Crippen molar-refractivity contribution in [3.8, 4) is 0 Å². The Kier molecular flexibility index (Phi) is 6.24. The lowest BCUT2D eigenvalue weighted by Crippen LogP contribution is -2.12. The maximum absolute atomic E-state index is 12.3. The second-order valence-corrected chi connectivity index (χ2v) is 9.24. The fourth-order valence-corrected chi connectivity index (χ4v) is 3.71. The molecule has 2 aromatic carbocycles. The van der Waals surface area contributed by atoms with E-state index in [2.05, 4.69) is 20.6 Å². The minimum atomic E-state index is -3.32. The van der Waals surface area contributed by atoms with Crippen LogP contribution in [0.5, 0.6) is 0 Å². The van der Waals surface area contributed by atoms with Crippen LogP contribution in [0.2, 0.25) is 5.02 Å². The molecular formula is C20H22ClN5O2S. The molecular weight excluding hydrogens is 410 g/mol. The Morgan fingerprint density at radius 1 is 0.966 bits per heavy atom. The van der Waals surface area contributed by atoms with Crippen molar-refractivity contribution in [1.29, 1.82) is 0 Å². The highest BCUT2D eigenvalue weighted by Crippen LogP contribution is 2.31. The fourth-order valence-electron chi connectivity index (χ4n) is 2.68. The zero-order valence-corrected chi connectivity index (χ0v) is 17.9. The third-order valence-electron chi connectivity index (χ3n) is 4.24. The van der Waals surface area contributed by atoms with Crippen molar-refractivity contribution in [3.63, 3.8) is 0 Å². The lowest BCUT2D eigenvalue weighted by atomic mass is 10.2. The van der Waals surface area contributed by atoms with Crippen LogP contribution < -0.4 is 15.5 Å². The third-order valence-corrected chi connectivity index (χ3v) is 6.22. The van der Waals surface area contributed by atoms with Gasteiger partial charge in [-0.2, -0.15) is 0 Å². The number of hydrogen-bond acceptors (Lipinski definition) is 7. The highest BCUT2D eigenvalue weighted by molar-refractivity contribution is 7.91. The lowest BCUT2D eigenvalue weighted by molar-refractivity contribution is 0.597. The predicted octanol–water partition coefficient (Wildman–Crippen LogP) is 4.48. The first-order chi connectivity index (χ1) is 13.8. The summed E-state index contributed by atoms with van der Waals surface area (Å²) < 4.78 is 24.6. The van der Waals surface area contributed by atoms with E-state index in [-0.39, 0.29) is 10.6 Å². The average molecular weight is 432 g/mol. The van der Waals surface area contributed by atoms with Crippen LogP contribution in [0.25, 0.3) is 0 Å². The lowest BCUT2D eigenvalue weighted by Gasteiger charge is -2.19. The Hall–Kier alpha value is -2.84. The molecule has 0 spiro atoms. The molecule has 2 N–H and O–H groups in total. The van der Waals surface area contributed by atoms with E-state index in [0.29, 0.717) is 22.3 Å². The molecule has 0 radical (unpaired) electrons. The minimum absolute atomic E-state index is 0.0381. The normalized spacial score (nSPS) is 11.2. The van der Waals surface area contributed by atoms with E-state index < -0.39 is 9.84 Å². The molecule has 9 heteroatoms. The maximum atomic E-state index is 12.3. The molecule has 0 saturated carbocycles. The summed E-state index contributed by atoms with van der Waals surface area (Å²) in [5.41, 5.74) is 2.32. The van der Waals surface area contributed by atoms with Crippen LogP contribution in [0.15, 0.2) is 59.8 Å². The molecule has 0 aliphatic heterocycles. The number of nitrogens with zero attached hydrogens (tertiary/aromatic N) is 3. The molecule has 7 nitrogen and oxygen atoms in total. The minimum Gasteiger partial charge on any atom is -0.376 e. The predicted molar refractivity (Wildman–Crippen MR) is 119 cm³/mol. The second-order valence-electron chi connectivity index (χ2n) is 6.52. The Morgan fingerprint density at radius 3 is 2.24 bits per heavy atom. The van der Waals surface area contributed by atoms with Gasteiger partial charge in [-0.25, -0.2) is 18.4 Å². The average Bonchev–Trinajstić information content (AvgIpc) is 2.70. The number of nitrogens with one attached hydrogen (secondary N) is 2. The van der Waals surface area contributed by atoms with Gasteiger partial charge in [-0.3, -0.25) is 0 Å². The Bertz CT molecular complexity index is 1100. The number of rotatable bonds is 7. The van der Waals surface area contributed by atoms with Crippen molar-refractivity contribution < 1.29 is 8.42 Å². The quantitative estimate of drug-likeness (QED) is 0.570. The monoisotopic (exact) mass is 431 g/mol. The molecule has 0 aliphatic rings. The first-order valence-electron chi connectivity index (χ1n) is 8.94. The van der Waals surface area contributed by atoms with Gasteiger partial charge in [0.2, 0.25) is 0 Å². The molecule has 0 aliphatic carbocycles. The smallest absolute Gasteiger partial charge is 0.178 e. The molecule has 1 heterocycles. The summed E-state index contributed by atoms with van der Waals surface area (Å²) >= 11 is 5.92. The van der Waals surface area contributed by atoms with Gasteiger partial charge < -0.3 is 15.5 Å². The van der Waals surface area contributed by atoms with Gasteiger partial charge >= 0.3 is 0 Å². The number of anilines is 5. The standard InChI is InChI=1S/C20H22ClN5O2S/c1-4-29(27,28)16-9-10-18(26(2)3)17(11-16)25-20-12-19(22-13-23-20)24-15-7-5-14(21)6-8-15/h5-13H,4H2,1-3H3,(H2,22,23,24,25). The summed E-state index contributed by atoms with van der Waals surface area (Å²) in [6.07, 6.45) is 1.43. The van der Waals surface area contributed by atoms with Crippen LogP contribution in [0, 0.1) is 0 Å². The number of hydrogen-bond donors (Lipinski definition) is 2. The summed E-state index contributed by atoms with van der Waals surface area (Å²) in [4.78, 5) is 10.6. The SMILES string of the molecule is CCS(=O)(=O)c1ccc(N(C)C)c(Nc2cc(Nc3ccc(Cl)cc3)ncn2)c1. The number of halogens is 1. The summed E-state index contributed by atoms with van der Waals surface area (Å²) in [6.45, 7) is 1.63. The van der Waals surface area contributed by atoms with Crippen LogP contribution in [-0.2, 0) is 9.84 Å². The second kappa shape index (κ2) is 8.67. The fraction of sp³-hybridized carbons (Fsp3) is 0.200. The molecule has 0 atom stereocenters. The largest absolute Gasteiger partial charge is 0.376 e. The van der Waals surface area contributed by atoms with Crippen molar-refractivity contribution in [2.75, 3.05) is 35.4 Å². The van der Waals surface area contributed by atoms with Crippen LogP contribution in [-0.4, -0.2) is 38.2 Å². The number of aromatic nitrogens is 2. The molecule has 152 valence electrons. The maximum Gasteiger partial charge on any atom is 0.178 e. The van der Waals surface area contributed by atoms with Crippen LogP contribution in [0.1, 0.15) is 6.92 Å². The zero-order chi connectivity index (χ0) is 21.0. The van der Waals surface area contributed by atoms with E-state index in [1.54, 1.807) is 43.3 Å². The molecule has 3 rings (SSSR count). The first-order valence-corrected chi connectivity index (χ1v) is 11.0. The van der Waals surface area contributed by atoms with Gasteiger partial charge in [0, 0.05) is 30.9 Å². The molecule has 1 aromatic heterocycles. The highest BCUT2D eigenvalue weighted by Gasteiger charge is 2.15. The molecule has 3 aromatic rings. The van der Waals surface area contributed by atoms with Crippen molar-refractivity contribution >= 4 is 50.1 Å². The zero-order valence-electron chi connectivity index (χ0n) is 16.3. The van der Waals surface area contributed by atoms with E-state index in [0.717, 1.165) is 11.4 Å². The molecule has 0 saturated heterocycles. The molecule has 0 fully saturated rings. The van der Waals surface area contributed by atoms with Crippen molar-refractivity contribution in [3.05, 3.63) is 59.9 Å². The van der Waals surface area contributed by atoms with Crippen molar-refractivity contribution in [2.24, 2.45) is 0 Å². The third kappa shape index (κ3) is 5.16. The van der Waals surface area contributed by atoms with Gasteiger partial charge in [-0.15, -0.1) is 0 Å². The first kappa shape index (κ1) is 20.9. The summed E-state index contributed by atoms with van der Waals surface area (Å²) in [6, 6.07) is 14.0. The Labute approximate surface area is 175 Å². The van der Waals surface area contributed by atoms with E-state index >= 15 is 0 Å². The van der Waals surface area contributed by atoms with Gasteiger partial charge in [0.05, 0.1) is 22.0 Å². The van der Waals surface area contributed by atoms with Gasteiger partial charge in [-0.05, 0) is 42.5 Å². The Morgan fingerprint density at radius 2 is 1.62 bits per heavy atom. The van der Waals surface area contributed by atoms with E-state index in [9.17, 15) is 8.42 Å². The Balaban J connectivity index is 1.90. The van der Waals surface area contributed by atoms with E-state index in [4.69, 9.17) is 11.6 Å². The van der Waals surface area contributed by atoms with Gasteiger partial charge in [0.1, 0.15) is 18.0 Å². The molecule has 0 unspecified atom stereocenters. The number of benzene rings is 2. The summed E-state index contributed by atoms with van der Waals surface area (Å²) in [5.74, 6) is 1.16. The molecule has 0 bridgehead atoms. The van der Waals surface area contributed by atoms with Gasteiger partial charge in [0.15, 0.2) is 9.84 Å². The molecule has 29 heavy (non-hydrogen) atoms. The summed E-state index contributed by atoms with van der Waals surface area (Å²) in [7, 11) is 0.460. The van der Waals surface area contributed by atoms with Crippen molar-refractivity contribution in [2.45, 2.75) is 11.8 Å². The van der Waals surface area contributed by atoms with Crippen molar-refractivity contribution in [1.82, 2.24) is 9.97 Å². The van der Waals surface area contributed by atoms with Gasteiger partial charge in [0.25, 0.3) is 0 Å². The van der Waals surface area contributed by atoms with Crippen LogP contribution in [0.3, 0.4) is 0 Å². The molecule has 0 amide bonds. The van der Waals surface area contributed by atoms with Crippen LogP contribution in [0.4, 0.5) is 28.7 Å².